The molecule has 98 valence electrons. The first kappa shape index (κ1) is 13.7. The van der Waals surface area contributed by atoms with Crippen LogP contribution in [-0.2, 0) is 23.1 Å². The van der Waals surface area contributed by atoms with E-state index in [0.717, 1.165) is 15.3 Å². The lowest BCUT2D eigenvalue weighted by Crippen LogP contribution is -2.23. The Hall–Kier alpha value is -0.730. The highest BCUT2D eigenvalue weighted by Gasteiger charge is 2.19. The van der Waals surface area contributed by atoms with Crippen molar-refractivity contribution < 1.29 is 8.42 Å². The van der Waals surface area contributed by atoms with Gasteiger partial charge in [0, 0.05) is 22.8 Å². The van der Waals surface area contributed by atoms with Crippen LogP contribution in [-0.4, -0.2) is 8.42 Å². The number of aryl methyl sites for hydroxylation is 1. The Balaban J connectivity index is 2.17. The lowest BCUT2D eigenvalue weighted by atomic mass is 10.4. The van der Waals surface area contributed by atoms with Crippen molar-refractivity contribution in [2.24, 2.45) is 5.73 Å². The smallest absolute Gasteiger partial charge is 0.241 e. The molecule has 0 radical (unpaired) electrons. The third-order valence-corrected chi connectivity index (χ3v) is 5.92. The molecular weight excluding hydrogens is 288 g/mol. The van der Waals surface area contributed by atoms with Crippen LogP contribution in [0.3, 0.4) is 0 Å². The van der Waals surface area contributed by atoms with E-state index in [1.165, 1.54) is 11.3 Å². The standard InChI is InChI=1S/C11H14N2O2S3/c1-8-11(4-10(5-12)17-8)18(14,15)13-6-9-2-3-16-7-9/h2-4,7,13H,5-6,12H2,1H3. The zero-order chi connectivity index (χ0) is 13.2. The molecule has 2 rings (SSSR count). The summed E-state index contributed by atoms with van der Waals surface area (Å²) in [6.07, 6.45) is 0. The number of hydrogen-bond acceptors (Lipinski definition) is 5. The van der Waals surface area contributed by atoms with E-state index >= 15 is 0 Å². The van der Waals surface area contributed by atoms with Gasteiger partial charge in [0.05, 0.1) is 4.90 Å². The van der Waals surface area contributed by atoms with E-state index in [9.17, 15) is 8.42 Å². The number of sulfonamides is 1. The fraction of sp³-hybridized carbons (Fsp3) is 0.273. The van der Waals surface area contributed by atoms with Gasteiger partial charge in [-0.1, -0.05) is 0 Å². The zero-order valence-electron chi connectivity index (χ0n) is 9.84. The van der Waals surface area contributed by atoms with E-state index in [-0.39, 0.29) is 0 Å². The van der Waals surface area contributed by atoms with Crippen molar-refractivity contribution >= 4 is 32.7 Å². The topological polar surface area (TPSA) is 72.2 Å². The lowest BCUT2D eigenvalue weighted by Gasteiger charge is -2.04. The fourth-order valence-corrected chi connectivity index (χ4v) is 4.74. The molecule has 0 aliphatic rings. The van der Waals surface area contributed by atoms with E-state index in [1.54, 1.807) is 24.3 Å². The van der Waals surface area contributed by atoms with Gasteiger partial charge >= 0.3 is 0 Å². The third kappa shape index (κ3) is 2.99. The Labute approximate surface area is 115 Å². The molecule has 7 heteroatoms. The van der Waals surface area contributed by atoms with Crippen molar-refractivity contribution in [2.45, 2.75) is 24.9 Å². The summed E-state index contributed by atoms with van der Waals surface area (Å²) in [5.41, 5.74) is 6.49. The second-order valence-electron chi connectivity index (χ2n) is 3.79. The Kier molecular flexibility index (Phi) is 4.18. The molecule has 0 spiro atoms. The molecule has 3 N–H and O–H groups in total. The molecule has 0 aromatic carbocycles. The summed E-state index contributed by atoms with van der Waals surface area (Å²) in [6, 6.07) is 3.55. The van der Waals surface area contributed by atoms with Crippen molar-refractivity contribution in [2.75, 3.05) is 0 Å². The fourth-order valence-electron chi connectivity index (χ4n) is 1.54. The van der Waals surface area contributed by atoms with E-state index in [1.807, 2.05) is 16.8 Å². The zero-order valence-corrected chi connectivity index (χ0v) is 12.3. The van der Waals surface area contributed by atoms with Crippen LogP contribution in [0.1, 0.15) is 15.3 Å². The molecule has 0 aliphatic heterocycles. The van der Waals surface area contributed by atoms with Crippen LogP contribution in [0.4, 0.5) is 0 Å². The number of thiophene rings is 2. The van der Waals surface area contributed by atoms with Crippen LogP contribution < -0.4 is 10.5 Å². The largest absolute Gasteiger partial charge is 0.326 e. The molecule has 0 saturated carbocycles. The van der Waals surface area contributed by atoms with Crippen LogP contribution in [0.5, 0.6) is 0 Å². The Morgan fingerprint density at radius 3 is 2.78 bits per heavy atom. The highest BCUT2D eigenvalue weighted by atomic mass is 32.2. The molecule has 0 amide bonds. The summed E-state index contributed by atoms with van der Waals surface area (Å²) in [4.78, 5) is 1.99. The first-order chi connectivity index (χ1) is 8.53. The maximum Gasteiger partial charge on any atom is 0.241 e. The normalized spacial score (nSPS) is 11.9. The average molecular weight is 302 g/mol. The predicted octanol–water partition coefficient (Wildman–Crippen LogP) is 2.06. The molecule has 0 fully saturated rings. The van der Waals surface area contributed by atoms with Crippen molar-refractivity contribution in [1.82, 2.24) is 4.72 Å². The molecular formula is C11H14N2O2S3. The minimum atomic E-state index is -3.45. The number of rotatable bonds is 5. The van der Waals surface area contributed by atoms with Crippen LogP contribution in [0.25, 0.3) is 0 Å². The van der Waals surface area contributed by atoms with Crippen LogP contribution in [0, 0.1) is 6.92 Å². The van der Waals surface area contributed by atoms with Gasteiger partial charge in [0.15, 0.2) is 0 Å². The molecule has 0 atom stereocenters. The van der Waals surface area contributed by atoms with Gasteiger partial charge in [-0.3, -0.25) is 0 Å². The van der Waals surface area contributed by atoms with Crippen molar-refractivity contribution in [1.29, 1.82) is 0 Å². The van der Waals surface area contributed by atoms with Crippen LogP contribution >= 0.6 is 22.7 Å². The molecule has 0 unspecified atom stereocenters. The lowest BCUT2D eigenvalue weighted by molar-refractivity contribution is 0.581. The molecule has 0 saturated heterocycles. The number of nitrogens with one attached hydrogen (secondary N) is 1. The van der Waals surface area contributed by atoms with E-state index in [2.05, 4.69) is 4.72 Å². The average Bonchev–Trinajstić information content (AvgIpc) is 2.95. The highest BCUT2D eigenvalue weighted by molar-refractivity contribution is 7.89. The Morgan fingerprint density at radius 2 is 2.22 bits per heavy atom. The number of hydrogen-bond donors (Lipinski definition) is 2. The SMILES string of the molecule is Cc1sc(CN)cc1S(=O)(=O)NCc1ccsc1. The van der Waals surface area contributed by atoms with Gasteiger partial charge < -0.3 is 5.73 Å². The maximum absolute atomic E-state index is 12.1. The van der Waals surface area contributed by atoms with Gasteiger partial charge in [0.25, 0.3) is 0 Å². The molecule has 2 heterocycles. The summed E-state index contributed by atoms with van der Waals surface area (Å²) in [6.45, 7) is 2.48. The van der Waals surface area contributed by atoms with Gasteiger partial charge in [-0.2, -0.15) is 11.3 Å². The molecule has 2 aromatic heterocycles. The van der Waals surface area contributed by atoms with Gasteiger partial charge in [-0.15, -0.1) is 11.3 Å². The molecule has 0 aliphatic carbocycles. The second kappa shape index (κ2) is 5.50. The quantitative estimate of drug-likeness (QED) is 0.888. The van der Waals surface area contributed by atoms with Gasteiger partial charge in [0.1, 0.15) is 0 Å². The Bertz CT molecular complexity index is 615. The minimum Gasteiger partial charge on any atom is -0.326 e. The van der Waals surface area contributed by atoms with Crippen molar-refractivity contribution in [3.05, 3.63) is 38.2 Å². The summed E-state index contributed by atoms with van der Waals surface area (Å²) in [5.74, 6) is 0. The predicted molar refractivity (Wildman–Crippen MR) is 75.3 cm³/mol. The van der Waals surface area contributed by atoms with Gasteiger partial charge in [-0.05, 0) is 35.4 Å². The first-order valence-electron chi connectivity index (χ1n) is 5.33. The molecule has 0 bridgehead atoms. The van der Waals surface area contributed by atoms with E-state index < -0.39 is 10.0 Å². The third-order valence-electron chi connectivity index (χ3n) is 2.46. The molecule has 18 heavy (non-hydrogen) atoms. The van der Waals surface area contributed by atoms with Crippen molar-refractivity contribution in [3.8, 4) is 0 Å². The Morgan fingerprint density at radius 1 is 1.44 bits per heavy atom. The van der Waals surface area contributed by atoms with Gasteiger partial charge in [-0.25, -0.2) is 13.1 Å². The van der Waals surface area contributed by atoms with Crippen molar-refractivity contribution in [3.63, 3.8) is 0 Å². The van der Waals surface area contributed by atoms with E-state index in [0.29, 0.717) is 18.0 Å². The van der Waals surface area contributed by atoms with Crippen LogP contribution in [0.2, 0.25) is 0 Å². The molecule has 4 nitrogen and oxygen atoms in total. The number of nitrogens with two attached hydrogens (primary N) is 1. The highest BCUT2D eigenvalue weighted by Crippen LogP contribution is 2.25. The van der Waals surface area contributed by atoms with Gasteiger partial charge in [0.2, 0.25) is 10.0 Å². The monoisotopic (exact) mass is 302 g/mol. The maximum atomic E-state index is 12.1. The van der Waals surface area contributed by atoms with Crippen LogP contribution in [0.15, 0.2) is 27.8 Å². The molecule has 2 aromatic rings. The summed E-state index contributed by atoms with van der Waals surface area (Å²) in [7, 11) is -3.45. The second-order valence-corrected chi connectivity index (χ2v) is 7.65. The van der Waals surface area contributed by atoms with E-state index in [4.69, 9.17) is 5.73 Å². The first-order valence-corrected chi connectivity index (χ1v) is 8.57. The minimum absolute atomic E-state index is 0.319. The summed E-state index contributed by atoms with van der Waals surface area (Å²) < 4.78 is 26.9. The summed E-state index contributed by atoms with van der Waals surface area (Å²) in [5, 5.41) is 3.85. The summed E-state index contributed by atoms with van der Waals surface area (Å²) >= 11 is 2.97.